The molecule has 0 unspecified atom stereocenters. The van der Waals surface area contributed by atoms with Crippen molar-refractivity contribution in [2.45, 2.75) is 0 Å². The summed E-state index contributed by atoms with van der Waals surface area (Å²) in [6, 6.07) is 21.5. The predicted octanol–water partition coefficient (Wildman–Crippen LogP) is 3.90. The monoisotopic (exact) mass is 312 g/mol. The molecule has 0 radical (unpaired) electrons. The van der Waals surface area contributed by atoms with Crippen LogP contribution in [-0.4, -0.2) is 15.3 Å². The summed E-state index contributed by atoms with van der Waals surface area (Å²) < 4.78 is 1.81. The van der Waals surface area contributed by atoms with Crippen molar-refractivity contribution in [1.29, 1.82) is 5.26 Å². The molecular weight excluding hydrogens is 300 g/mol. The van der Waals surface area contributed by atoms with Crippen LogP contribution in [0.4, 0.5) is 0 Å². The highest BCUT2D eigenvalue weighted by molar-refractivity contribution is 6.10. The molecule has 4 nitrogen and oxygen atoms in total. The molecule has 0 bridgehead atoms. The van der Waals surface area contributed by atoms with Gasteiger partial charge < -0.3 is 9.51 Å². The Labute approximate surface area is 137 Å². The third-order valence-electron chi connectivity index (χ3n) is 4.10. The molecule has 0 saturated carbocycles. The lowest BCUT2D eigenvalue weighted by atomic mass is 10.1. The molecule has 0 spiro atoms. The normalized spacial score (nSPS) is 10.8. The van der Waals surface area contributed by atoms with E-state index in [9.17, 15) is 15.2 Å². The van der Waals surface area contributed by atoms with E-state index in [4.69, 9.17) is 0 Å². The fourth-order valence-electron chi connectivity index (χ4n) is 3.00. The summed E-state index contributed by atoms with van der Waals surface area (Å²) in [5.41, 5.74) is 2.79. The Bertz CT molecular complexity index is 1150. The summed E-state index contributed by atoms with van der Waals surface area (Å²) in [6.45, 7) is 0. The van der Waals surface area contributed by atoms with Gasteiger partial charge in [-0.15, -0.1) is 0 Å². The van der Waals surface area contributed by atoms with Gasteiger partial charge in [0.05, 0.1) is 22.3 Å². The summed E-state index contributed by atoms with van der Waals surface area (Å²) in [4.78, 5) is 12.9. The quantitative estimate of drug-likeness (QED) is 0.571. The Hall–Kier alpha value is -3.58. The number of nitriles is 1. The molecule has 0 aliphatic rings. The number of phenols is 1. The van der Waals surface area contributed by atoms with Gasteiger partial charge in [0.1, 0.15) is 11.8 Å². The van der Waals surface area contributed by atoms with Crippen molar-refractivity contribution in [3.05, 3.63) is 83.6 Å². The zero-order valence-corrected chi connectivity index (χ0v) is 12.6. The maximum atomic E-state index is 12.9. The predicted molar refractivity (Wildman–Crippen MR) is 91.2 cm³/mol. The lowest BCUT2D eigenvalue weighted by molar-refractivity contribution is 0.103. The molecule has 2 aromatic carbocycles. The second kappa shape index (κ2) is 5.25. The van der Waals surface area contributed by atoms with Crippen molar-refractivity contribution in [2.24, 2.45) is 0 Å². The topological polar surface area (TPSA) is 65.5 Å². The SMILES string of the molecule is N#Cc1cc(C(=O)c2cccc(O)c2)n2c1ccc1ccccc12. The molecule has 0 amide bonds. The minimum absolute atomic E-state index is 0.0343. The summed E-state index contributed by atoms with van der Waals surface area (Å²) in [5, 5.41) is 20.0. The summed E-state index contributed by atoms with van der Waals surface area (Å²) in [7, 11) is 0. The van der Waals surface area contributed by atoms with Crippen LogP contribution >= 0.6 is 0 Å². The van der Waals surface area contributed by atoms with Gasteiger partial charge in [-0.3, -0.25) is 4.79 Å². The van der Waals surface area contributed by atoms with Crippen LogP contribution < -0.4 is 0 Å². The molecule has 0 atom stereocenters. The second-order valence-electron chi connectivity index (χ2n) is 5.55. The smallest absolute Gasteiger partial charge is 0.209 e. The van der Waals surface area contributed by atoms with Crippen LogP contribution in [0.5, 0.6) is 5.75 Å². The Morgan fingerprint density at radius 1 is 0.958 bits per heavy atom. The van der Waals surface area contributed by atoms with Crippen LogP contribution in [0.1, 0.15) is 21.6 Å². The number of aromatic nitrogens is 1. The highest BCUT2D eigenvalue weighted by Crippen LogP contribution is 2.26. The van der Waals surface area contributed by atoms with E-state index in [-0.39, 0.29) is 11.5 Å². The minimum atomic E-state index is -0.237. The number of nitrogens with zero attached hydrogens (tertiary/aromatic N) is 2. The first-order valence-corrected chi connectivity index (χ1v) is 7.46. The zero-order chi connectivity index (χ0) is 16.7. The summed E-state index contributed by atoms with van der Waals surface area (Å²) in [6.07, 6.45) is 0. The highest BCUT2D eigenvalue weighted by atomic mass is 16.3. The number of para-hydroxylation sites is 1. The fraction of sp³-hybridized carbons (Fsp3) is 0. The van der Waals surface area contributed by atoms with Gasteiger partial charge in [0.2, 0.25) is 5.78 Å². The number of carbonyl (C=O) groups excluding carboxylic acids is 1. The number of phenolic OH excluding ortho intramolecular Hbond substituents is 1. The number of hydrogen-bond acceptors (Lipinski definition) is 3. The third kappa shape index (κ3) is 2.03. The zero-order valence-electron chi connectivity index (χ0n) is 12.6. The Kier molecular flexibility index (Phi) is 3.07. The van der Waals surface area contributed by atoms with Gasteiger partial charge >= 0.3 is 0 Å². The number of aromatic hydroxyl groups is 1. The summed E-state index contributed by atoms with van der Waals surface area (Å²) >= 11 is 0. The standard InChI is InChI=1S/C20H12N2O2/c21-12-15-11-19(20(24)14-5-3-6-16(23)10-14)22-17-7-2-1-4-13(17)8-9-18(15)22/h1-11,23H. The van der Waals surface area contributed by atoms with Crippen molar-refractivity contribution in [1.82, 2.24) is 4.40 Å². The molecule has 4 heteroatoms. The van der Waals surface area contributed by atoms with Crippen molar-refractivity contribution >= 4 is 22.2 Å². The third-order valence-corrected chi connectivity index (χ3v) is 4.10. The fourth-order valence-corrected chi connectivity index (χ4v) is 3.00. The van der Waals surface area contributed by atoms with E-state index >= 15 is 0 Å². The largest absolute Gasteiger partial charge is 0.508 e. The number of pyridine rings is 1. The van der Waals surface area contributed by atoms with Crippen molar-refractivity contribution in [3.8, 4) is 11.8 Å². The van der Waals surface area contributed by atoms with Gasteiger partial charge in [0.25, 0.3) is 0 Å². The Balaban J connectivity index is 2.06. The first kappa shape index (κ1) is 14.0. The summed E-state index contributed by atoms with van der Waals surface area (Å²) in [5.74, 6) is -0.203. The van der Waals surface area contributed by atoms with E-state index in [0.717, 1.165) is 10.9 Å². The number of carbonyl (C=O) groups is 1. The van der Waals surface area contributed by atoms with Crippen molar-refractivity contribution in [3.63, 3.8) is 0 Å². The number of fused-ring (bicyclic) bond motifs is 3. The van der Waals surface area contributed by atoms with Gasteiger partial charge in [-0.05, 0) is 35.7 Å². The molecule has 2 aromatic heterocycles. The van der Waals surface area contributed by atoms with Crippen LogP contribution in [-0.2, 0) is 0 Å². The van der Waals surface area contributed by atoms with Crippen LogP contribution in [0, 0.1) is 11.3 Å². The molecule has 2 heterocycles. The van der Waals surface area contributed by atoms with Crippen LogP contribution in [0.15, 0.2) is 66.7 Å². The lowest BCUT2D eigenvalue weighted by Gasteiger charge is -2.07. The molecule has 0 fully saturated rings. The first-order chi connectivity index (χ1) is 11.7. The maximum Gasteiger partial charge on any atom is 0.209 e. The average Bonchev–Trinajstić information content (AvgIpc) is 3.00. The van der Waals surface area contributed by atoms with E-state index in [1.165, 1.54) is 12.1 Å². The van der Waals surface area contributed by atoms with E-state index in [1.54, 1.807) is 22.6 Å². The molecule has 24 heavy (non-hydrogen) atoms. The van der Waals surface area contributed by atoms with Gasteiger partial charge in [-0.2, -0.15) is 5.26 Å². The van der Waals surface area contributed by atoms with Crippen LogP contribution in [0.25, 0.3) is 16.4 Å². The lowest BCUT2D eigenvalue weighted by Crippen LogP contribution is -2.05. The molecule has 0 aliphatic heterocycles. The molecule has 4 rings (SSSR count). The van der Waals surface area contributed by atoms with E-state index < -0.39 is 0 Å². The molecular formula is C20H12N2O2. The molecule has 114 valence electrons. The van der Waals surface area contributed by atoms with Crippen LogP contribution in [0.3, 0.4) is 0 Å². The Morgan fingerprint density at radius 2 is 1.79 bits per heavy atom. The molecule has 0 saturated heterocycles. The minimum Gasteiger partial charge on any atom is -0.508 e. The highest BCUT2D eigenvalue weighted by Gasteiger charge is 2.18. The van der Waals surface area contributed by atoms with Crippen LogP contribution in [0.2, 0.25) is 0 Å². The molecule has 4 aromatic rings. The van der Waals surface area contributed by atoms with Gasteiger partial charge in [0, 0.05) is 5.56 Å². The van der Waals surface area contributed by atoms with Crippen molar-refractivity contribution < 1.29 is 9.90 Å². The van der Waals surface area contributed by atoms with E-state index in [0.29, 0.717) is 22.3 Å². The molecule has 0 aliphatic carbocycles. The van der Waals surface area contributed by atoms with Gasteiger partial charge in [-0.1, -0.05) is 36.4 Å². The average molecular weight is 312 g/mol. The van der Waals surface area contributed by atoms with E-state index in [2.05, 4.69) is 6.07 Å². The second-order valence-corrected chi connectivity index (χ2v) is 5.55. The Morgan fingerprint density at radius 3 is 2.58 bits per heavy atom. The van der Waals surface area contributed by atoms with Crippen molar-refractivity contribution in [2.75, 3.05) is 0 Å². The first-order valence-electron chi connectivity index (χ1n) is 7.46. The van der Waals surface area contributed by atoms with Gasteiger partial charge in [-0.25, -0.2) is 0 Å². The number of ketones is 1. The molecule has 1 N–H and O–H groups in total. The van der Waals surface area contributed by atoms with E-state index in [1.807, 2.05) is 36.4 Å². The number of hydrogen-bond donors (Lipinski definition) is 1. The number of benzene rings is 2. The van der Waals surface area contributed by atoms with Gasteiger partial charge in [0.15, 0.2) is 0 Å². The number of rotatable bonds is 2. The maximum absolute atomic E-state index is 12.9.